The molecule has 0 amide bonds. The zero-order valence-electron chi connectivity index (χ0n) is 15.8. The van der Waals surface area contributed by atoms with Crippen LogP contribution in [0.3, 0.4) is 0 Å². The van der Waals surface area contributed by atoms with Gasteiger partial charge in [0.05, 0.1) is 37.0 Å². The largest absolute Gasteiger partial charge is 0.490 e. The highest BCUT2D eigenvalue weighted by Gasteiger charge is 2.19. The summed E-state index contributed by atoms with van der Waals surface area (Å²) >= 11 is 0. The molecule has 0 aliphatic carbocycles. The van der Waals surface area contributed by atoms with Gasteiger partial charge in [0.2, 0.25) is 5.75 Å². The lowest BCUT2D eigenvalue weighted by atomic mass is 10.1. The highest BCUT2D eigenvalue weighted by atomic mass is 16.5. The minimum atomic E-state index is -0.496. The number of hydrogen-bond donors (Lipinski definition) is 0. The molecule has 0 N–H and O–H groups in total. The SMILES string of the molecule is CCOc1cc(C(=O)OCc2ccc(C#N)cc2)cc(OCC)c1OCC. The Morgan fingerprint density at radius 2 is 1.48 bits per heavy atom. The molecule has 0 aliphatic rings. The van der Waals surface area contributed by atoms with E-state index in [1.54, 1.807) is 36.4 Å². The molecule has 0 saturated heterocycles. The number of nitriles is 1. The molecule has 142 valence electrons. The van der Waals surface area contributed by atoms with E-state index in [0.717, 1.165) is 5.56 Å². The fourth-order valence-electron chi connectivity index (χ4n) is 2.41. The van der Waals surface area contributed by atoms with Crippen molar-refractivity contribution < 1.29 is 23.7 Å². The minimum Gasteiger partial charge on any atom is -0.490 e. The molecule has 0 fully saturated rings. The number of esters is 1. The van der Waals surface area contributed by atoms with Crippen LogP contribution in [0.25, 0.3) is 0 Å². The van der Waals surface area contributed by atoms with E-state index in [2.05, 4.69) is 0 Å². The zero-order chi connectivity index (χ0) is 19.6. The second-order valence-corrected chi connectivity index (χ2v) is 5.49. The van der Waals surface area contributed by atoms with E-state index in [0.29, 0.717) is 48.2 Å². The number of benzene rings is 2. The first-order chi connectivity index (χ1) is 13.1. The van der Waals surface area contributed by atoms with Gasteiger partial charge in [0, 0.05) is 0 Å². The Morgan fingerprint density at radius 1 is 0.926 bits per heavy atom. The molecule has 2 aromatic carbocycles. The van der Waals surface area contributed by atoms with Crippen LogP contribution < -0.4 is 14.2 Å². The number of rotatable bonds is 9. The van der Waals surface area contributed by atoms with E-state index < -0.39 is 5.97 Å². The lowest BCUT2D eigenvalue weighted by molar-refractivity contribution is 0.0471. The fourth-order valence-corrected chi connectivity index (χ4v) is 2.41. The monoisotopic (exact) mass is 369 g/mol. The van der Waals surface area contributed by atoms with Gasteiger partial charge in [-0.25, -0.2) is 4.79 Å². The third-order valence-corrected chi connectivity index (χ3v) is 3.60. The maximum Gasteiger partial charge on any atom is 0.338 e. The molecule has 0 spiro atoms. The molecule has 0 aromatic heterocycles. The minimum absolute atomic E-state index is 0.103. The average molecular weight is 369 g/mol. The van der Waals surface area contributed by atoms with Crippen molar-refractivity contribution in [1.82, 2.24) is 0 Å². The first-order valence-corrected chi connectivity index (χ1v) is 8.85. The Balaban J connectivity index is 2.21. The molecule has 0 bridgehead atoms. The Hall–Kier alpha value is -3.20. The summed E-state index contributed by atoms with van der Waals surface area (Å²) in [5, 5.41) is 8.83. The third-order valence-electron chi connectivity index (χ3n) is 3.60. The van der Waals surface area contributed by atoms with Crippen molar-refractivity contribution >= 4 is 5.97 Å². The van der Waals surface area contributed by atoms with Crippen molar-refractivity contribution in [3.8, 4) is 23.3 Å². The summed E-state index contributed by atoms with van der Waals surface area (Å²) in [6.07, 6.45) is 0. The predicted molar refractivity (Wildman–Crippen MR) is 100 cm³/mol. The second kappa shape index (κ2) is 10.1. The summed E-state index contributed by atoms with van der Waals surface area (Å²) in [4.78, 5) is 12.5. The first kappa shape index (κ1) is 20.1. The van der Waals surface area contributed by atoms with Crippen LogP contribution in [-0.4, -0.2) is 25.8 Å². The van der Waals surface area contributed by atoms with Gasteiger partial charge < -0.3 is 18.9 Å². The quantitative estimate of drug-likeness (QED) is 0.619. The summed E-state index contributed by atoms with van der Waals surface area (Å²) in [6, 6.07) is 12.1. The highest BCUT2D eigenvalue weighted by Crippen LogP contribution is 2.39. The van der Waals surface area contributed by atoms with E-state index in [1.165, 1.54) is 0 Å². The number of ether oxygens (including phenoxy) is 4. The van der Waals surface area contributed by atoms with Crippen molar-refractivity contribution in [1.29, 1.82) is 5.26 Å². The van der Waals surface area contributed by atoms with Gasteiger partial charge in [-0.3, -0.25) is 0 Å². The van der Waals surface area contributed by atoms with Crippen LogP contribution in [0.5, 0.6) is 17.2 Å². The van der Waals surface area contributed by atoms with Gasteiger partial charge >= 0.3 is 5.97 Å². The summed E-state index contributed by atoms with van der Waals surface area (Å²) < 4.78 is 22.2. The molecule has 0 saturated carbocycles. The molecule has 0 radical (unpaired) electrons. The van der Waals surface area contributed by atoms with E-state index in [1.807, 2.05) is 26.8 Å². The van der Waals surface area contributed by atoms with E-state index >= 15 is 0 Å². The highest BCUT2D eigenvalue weighted by molar-refractivity contribution is 5.91. The summed E-state index contributed by atoms with van der Waals surface area (Å²) in [7, 11) is 0. The van der Waals surface area contributed by atoms with Gasteiger partial charge in [0.15, 0.2) is 11.5 Å². The standard InChI is InChI=1S/C21H23NO5/c1-4-24-18-11-17(12-19(25-5-2)20(18)26-6-3)21(23)27-14-16-9-7-15(13-22)8-10-16/h7-12H,4-6,14H2,1-3H3. The number of carbonyl (C=O) groups is 1. The van der Waals surface area contributed by atoms with Crippen molar-refractivity contribution in [2.24, 2.45) is 0 Å². The van der Waals surface area contributed by atoms with Crippen LogP contribution in [0.1, 0.15) is 42.3 Å². The van der Waals surface area contributed by atoms with Gasteiger partial charge in [0.1, 0.15) is 6.61 Å². The predicted octanol–water partition coefficient (Wildman–Crippen LogP) is 4.11. The first-order valence-electron chi connectivity index (χ1n) is 8.85. The van der Waals surface area contributed by atoms with Gasteiger partial charge in [-0.2, -0.15) is 5.26 Å². The van der Waals surface area contributed by atoms with Crippen LogP contribution in [0.15, 0.2) is 36.4 Å². The lowest BCUT2D eigenvalue weighted by Crippen LogP contribution is -2.08. The molecule has 2 rings (SSSR count). The van der Waals surface area contributed by atoms with Crippen molar-refractivity contribution in [3.05, 3.63) is 53.1 Å². The lowest BCUT2D eigenvalue weighted by Gasteiger charge is -2.16. The second-order valence-electron chi connectivity index (χ2n) is 5.49. The number of hydrogen-bond acceptors (Lipinski definition) is 6. The molecule has 6 nitrogen and oxygen atoms in total. The normalized spacial score (nSPS) is 10.0. The molecule has 0 heterocycles. The fraction of sp³-hybridized carbons (Fsp3) is 0.333. The van der Waals surface area contributed by atoms with Gasteiger partial charge in [-0.05, 0) is 50.6 Å². The Morgan fingerprint density at radius 3 is 1.96 bits per heavy atom. The molecule has 6 heteroatoms. The number of nitrogens with zero attached hydrogens (tertiary/aromatic N) is 1. The summed E-state index contributed by atoms with van der Waals surface area (Å²) in [6.45, 7) is 6.97. The maximum absolute atomic E-state index is 12.5. The zero-order valence-corrected chi connectivity index (χ0v) is 15.8. The van der Waals surface area contributed by atoms with Crippen LogP contribution in [0, 0.1) is 11.3 Å². The summed E-state index contributed by atoms with van der Waals surface area (Å²) in [5.74, 6) is 0.861. The van der Waals surface area contributed by atoms with Crippen LogP contribution in [0.2, 0.25) is 0 Å². The summed E-state index contributed by atoms with van der Waals surface area (Å²) in [5.41, 5.74) is 1.67. The van der Waals surface area contributed by atoms with Crippen LogP contribution >= 0.6 is 0 Å². The molecule has 0 aliphatic heterocycles. The van der Waals surface area contributed by atoms with Crippen LogP contribution in [-0.2, 0) is 11.3 Å². The Kier molecular flexibility index (Phi) is 7.50. The molecule has 0 atom stereocenters. The van der Waals surface area contributed by atoms with Crippen LogP contribution in [0.4, 0.5) is 0 Å². The van der Waals surface area contributed by atoms with Gasteiger partial charge in [-0.15, -0.1) is 0 Å². The van der Waals surface area contributed by atoms with Gasteiger partial charge in [0.25, 0.3) is 0 Å². The van der Waals surface area contributed by atoms with Gasteiger partial charge in [-0.1, -0.05) is 12.1 Å². The van der Waals surface area contributed by atoms with Crippen molar-refractivity contribution in [2.45, 2.75) is 27.4 Å². The van der Waals surface area contributed by atoms with E-state index in [4.69, 9.17) is 24.2 Å². The molecule has 0 unspecified atom stereocenters. The Bertz CT molecular complexity index is 781. The number of carbonyl (C=O) groups excluding carboxylic acids is 1. The van der Waals surface area contributed by atoms with E-state index in [9.17, 15) is 4.79 Å². The topological polar surface area (TPSA) is 77.8 Å². The Labute approximate surface area is 159 Å². The molecule has 2 aromatic rings. The van der Waals surface area contributed by atoms with Crippen molar-refractivity contribution in [2.75, 3.05) is 19.8 Å². The van der Waals surface area contributed by atoms with Crippen molar-refractivity contribution in [3.63, 3.8) is 0 Å². The third kappa shape index (κ3) is 5.38. The molecular weight excluding hydrogens is 346 g/mol. The smallest absolute Gasteiger partial charge is 0.338 e. The maximum atomic E-state index is 12.5. The molecule has 27 heavy (non-hydrogen) atoms. The van der Waals surface area contributed by atoms with E-state index in [-0.39, 0.29) is 6.61 Å². The average Bonchev–Trinajstić information content (AvgIpc) is 2.69. The molecular formula is C21H23NO5.